The molecule has 0 fully saturated rings. The number of nitrogens with one attached hydrogen (secondary N) is 4. The molecule has 4 aromatic rings. The molecule has 2 aromatic carbocycles. The van der Waals surface area contributed by atoms with Crippen LogP contribution in [0.15, 0.2) is 59.0 Å². The van der Waals surface area contributed by atoms with E-state index >= 15 is 0 Å². The molecule has 0 aliphatic heterocycles. The Hall–Kier alpha value is -4.85. The van der Waals surface area contributed by atoms with E-state index in [1.165, 1.54) is 6.07 Å². The predicted molar refractivity (Wildman–Crippen MR) is 167 cm³/mol. The van der Waals surface area contributed by atoms with Crippen molar-refractivity contribution in [3.63, 3.8) is 0 Å². The van der Waals surface area contributed by atoms with E-state index in [1.54, 1.807) is 55.5 Å². The molecule has 13 nitrogen and oxygen atoms in total. The lowest BCUT2D eigenvalue weighted by atomic mass is 10.2. The van der Waals surface area contributed by atoms with Crippen LogP contribution in [0.5, 0.6) is 0 Å². The monoisotopic (exact) mass is 641 g/mol. The Morgan fingerprint density at radius 3 is 2.48 bits per heavy atom. The van der Waals surface area contributed by atoms with Crippen LogP contribution in [0.1, 0.15) is 28.4 Å². The highest BCUT2D eigenvalue weighted by Crippen LogP contribution is 2.34. The zero-order valence-electron chi connectivity index (χ0n) is 23.4. The summed E-state index contributed by atoms with van der Waals surface area (Å²) < 4.78 is 6.01. The molecule has 1 amide bonds. The zero-order chi connectivity index (χ0) is 31.8. The molecular weight excluding hydrogens is 613 g/mol. The molecule has 4 rings (SSSR count). The summed E-state index contributed by atoms with van der Waals surface area (Å²) in [5, 5.41) is 31.6. The van der Waals surface area contributed by atoms with Crippen LogP contribution in [0.3, 0.4) is 0 Å². The largest absolute Gasteiger partial charge is 0.481 e. The number of carboxylic acid groups (broad SMARTS) is 2. The van der Waals surface area contributed by atoms with Crippen LogP contribution in [0, 0.1) is 6.92 Å². The first-order valence-electron chi connectivity index (χ1n) is 13.3. The average molecular weight is 643 g/mol. The molecule has 0 aliphatic rings. The second-order valence-electron chi connectivity index (χ2n) is 9.48. The number of halogens is 2. The summed E-state index contributed by atoms with van der Waals surface area (Å²) in [5.74, 6) is -0.845. The van der Waals surface area contributed by atoms with Crippen LogP contribution >= 0.6 is 23.2 Å². The predicted octanol–water partition coefficient (Wildman–Crippen LogP) is 4.74. The molecule has 0 saturated carbocycles. The van der Waals surface area contributed by atoms with Gasteiger partial charge in [-0.1, -0.05) is 35.3 Å². The minimum atomic E-state index is -1.18. The number of aromatic carboxylic acids is 1. The van der Waals surface area contributed by atoms with Gasteiger partial charge in [0.05, 0.1) is 35.3 Å². The van der Waals surface area contributed by atoms with E-state index in [4.69, 9.17) is 38.5 Å². The SMILES string of the molecule is Cc1nc(NCCNC(=O)C(N)CC(=O)O)c(NCc2ccc(-c3cc(Cl)ccc3Cl)o2)c(Nc2ccccc2C(=O)O)n1. The van der Waals surface area contributed by atoms with Gasteiger partial charge in [0.25, 0.3) is 0 Å². The molecule has 8 N–H and O–H groups in total. The third-order valence-corrected chi connectivity index (χ3v) is 6.74. The number of furan rings is 1. The Labute approximate surface area is 261 Å². The number of aryl methyl sites for hydroxylation is 1. The zero-order valence-corrected chi connectivity index (χ0v) is 24.9. The van der Waals surface area contributed by atoms with Crippen molar-refractivity contribution in [2.45, 2.75) is 25.9 Å². The molecule has 0 bridgehead atoms. The minimum absolute atomic E-state index is 0.0405. The molecule has 44 heavy (non-hydrogen) atoms. The Morgan fingerprint density at radius 2 is 1.73 bits per heavy atom. The number of aliphatic carboxylic acids is 1. The van der Waals surface area contributed by atoms with Crippen LogP contribution < -0.4 is 27.0 Å². The number of benzene rings is 2. The van der Waals surface area contributed by atoms with Gasteiger partial charge in [-0.25, -0.2) is 14.8 Å². The van der Waals surface area contributed by atoms with E-state index in [-0.39, 0.29) is 31.0 Å². The van der Waals surface area contributed by atoms with Crippen molar-refractivity contribution in [3.05, 3.63) is 81.8 Å². The minimum Gasteiger partial charge on any atom is -0.481 e. The van der Waals surface area contributed by atoms with Crippen molar-refractivity contribution in [2.24, 2.45) is 5.73 Å². The standard InChI is InChI=1S/C29H29Cl2N7O6/c1-15-36-26(33-10-11-34-28(41)21(32)13-24(39)40)25(27(37-15)38-22-5-3-2-4-18(22)29(42)43)35-14-17-7-9-23(44-17)19-12-16(30)6-8-20(19)31/h2-9,12,21,35H,10-11,13-14,32H2,1H3,(H,34,41)(H,39,40)(H,42,43)(H2,33,36,37,38). The smallest absolute Gasteiger partial charge is 0.337 e. The first kappa shape index (κ1) is 32.1. The summed E-state index contributed by atoms with van der Waals surface area (Å²) >= 11 is 12.5. The van der Waals surface area contributed by atoms with E-state index in [2.05, 4.69) is 31.2 Å². The van der Waals surface area contributed by atoms with Crippen LogP contribution in [-0.2, 0) is 16.1 Å². The lowest BCUT2D eigenvalue weighted by molar-refractivity contribution is -0.139. The number of para-hydroxylation sites is 1. The third-order valence-electron chi connectivity index (χ3n) is 6.17. The van der Waals surface area contributed by atoms with E-state index < -0.39 is 30.3 Å². The maximum absolute atomic E-state index is 12.1. The van der Waals surface area contributed by atoms with E-state index in [1.807, 2.05) is 0 Å². The van der Waals surface area contributed by atoms with E-state index in [9.17, 15) is 19.5 Å². The molecule has 1 unspecified atom stereocenters. The van der Waals surface area contributed by atoms with Gasteiger partial charge in [-0.2, -0.15) is 0 Å². The number of carboxylic acids is 2. The number of carbonyl (C=O) groups excluding carboxylic acids is 1. The molecule has 2 heterocycles. The number of hydrogen-bond donors (Lipinski definition) is 7. The number of carbonyl (C=O) groups is 3. The molecule has 15 heteroatoms. The molecule has 230 valence electrons. The van der Waals surface area contributed by atoms with E-state index in [0.29, 0.717) is 50.1 Å². The van der Waals surface area contributed by atoms with Gasteiger partial charge in [0.15, 0.2) is 11.6 Å². The van der Waals surface area contributed by atoms with Gasteiger partial charge in [-0.15, -0.1) is 0 Å². The van der Waals surface area contributed by atoms with Gasteiger partial charge in [0.2, 0.25) is 5.91 Å². The number of amides is 1. The Balaban J connectivity index is 1.58. The van der Waals surface area contributed by atoms with Crippen LogP contribution in [0.4, 0.5) is 23.0 Å². The molecule has 0 spiro atoms. The lowest BCUT2D eigenvalue weighted by Crippen LogP contribution is -2.43. The fourth-order valence-electron chi connectivity index (χ4n) is 4.12. The van der Waals surface area contributed by atoms with Crippen molar-refractivity contribution >= 4 is 64.1 Å². The van der Waals surface area contributed by atoms with Crippen LogP contribution in [-0.4, -0.2) is 57.2 Å². The summed E-state index contributed by atoms with van der Waals surface area (Å²) in [6, 6.07) is 13.8. The number of rotatable bonds is 14. The second kappa shape index (κ2) is 14.6. The second-order valence-corrected chi connectivity index (χ2v) is 10.3. The molecule has 0 saturated heterocycles. The van der Waals surface area contributed by atoms with Crippen molar-refractivity contribution in [1.29, 1.82) is 0 Å². The summed E-state index contributed by atoms with van der Waals surface area (Å²) in [5.41, 5.74) is 6.98. The summed E-state index contributed by atoms with van der Waals surface area (Å²) in [6.45, 7) is 2.15. The van der Waals surface area contributed by atoms with Gasteiger partial charge < -0.3 is 41.6 Å². The normalized spacial score (nSPS) is 11.5. The maximum Gasteiger partial charge on any atom is 0.337 e. The van der Waals surface area contributed by atoms with Crippen molar-refractivity contribution in [1.82, 2.24) is 15.3 Å². The Kier molecular flexibility index (Phi) is 10.6. The Morgan fingerprint density at radius 1 is 0.977 bits per heavy atom. The number of nitrogens with zero attached hydrogens (tertiary/aromatic N) is 2. The van der Waals surface area contributed by atoms with Crippen molar-refractivity contribution in [3.8, 4) is 11.3 Å². The topological polar surface area (TPSA) is 205 Å². The van der Waals surface area contributed by atoms with Crippen LogP contribution in [0.2, 0.25) is 10.0 Å². The van der Waals surface area contributed by atoms with Crippen LogP contribution in [0.25, 0.3) is 11.3 Å². The highest BCUT2D eigenvalue weighted by molar-refractivity contribution is 6.35. The molecule has 2 aromatic heterocycles. The average Bonchev–Trinajstić information content (AvgIpc) is 3.44. The van der Waals surface area contributed by atoms with Gasteiger partial charge in [0, 0.05) is 23.7 Å². The molecule has 1 atom stereocenters. The number of anilines is 4. The first-order valence-corrected chi connectivity index (χ1v) is 14.0. The Bertz CT molecular complexity index is 1680. The van der Waals surface area contributed by atoms with Crippen molar-refractivity contribution in [2.75, 3.05) is 29.0 Å². The lowest BCUT2D eigenvalue weighted by Gasteiger charge is -2.19. The third kappa shape index (κ3) is 8.37. The van der Waals surface area contributed by atoms with E-state index in [0.717, 1.165) is 0 Å². The highest BCUT2D eigenvalue weighted by atomic mass is 35.5. The summed E-state index contributed by atoms with van der Waals surface area (Å²) in [7, 11) is 0. The van der Waals surface area contributed by atoms with Gasteiger partial charge in [-0.3, -0.25) is 9.59 Å². The van der Waals surface area contributed by atoms with Crippen molar-refractivity contribution < 1.29 is 29.0 Å². The summed E-state index contributed by atoms with van der Waals surface area (Å²) in [4.78, 5) is 43.8. The molecule has 0 aliphatic carbocycles. The number of nitrogens with two attached hydrogens (primary N) is 1. The maximum atomic E-state index is 12.1. The number of hydrogen-bond acceptors (Lipinski definition) is 10. The molecular formula is C29H29Cl2N7O6. The quantitative estimate of drug-likeness (QED) is 0.0933. The fourth-order valence-corrected chi connectivity index (χ4v) is 4.51. The highest BCUT2D eigenvalue weighted by Gasteiger charge is 2.19. The van der Waals surface area contributed by atoms with Gasteiger partial charge in [-0.05, 0) is 49.4 Å². The first-order chi connectivity index (χ1) is 21.0. The van der Waals surface area contributed by atoms with Gasteiger partial charge >= 0.3 is 11.9 Å². The summed E-state index contributed by atoms with van der Waals surface area (Å²) in [6.07, 6.45) is -0.497. The number of aromatic nitrogens is 2. The molecule has 0 radical (unpaired) electrons. The van der Waals surface area contributed by atoms with Gasteiger partial charge in [0.1, 0.15) is 23.0 Å². The fraction of sp³-hybridized carbons (Fsp3) is 0.207.